The number of aromatic amines is 1. The number of hydrogen-bond acceptors (Lipinski definition) is 2. The van der Waals surface area contributed by atoms with Gasteiger partial charge in [-0.15, -0.1) is 0 Å². The second-order valence-electron chi connectivity index (χ2n) is 5.84. The molecule has 1 aromatic carbocycles. The first-order valence-electron chi connectivity index (χ1n) is 7.49. The maximum Gasteiger partial charge on any atom is 0.178 e. The van der Waals surface area contributed by atoms with Gasteiger partial charge in [-0.2, -0.15) is 0 Å². The fraction of sp³-hybridized carbons (Fsp3) is 0.562. The lowest BCUT2D eigenvalue weighted by Crippen LogP contribution is -2.16. The summed E-state index contributed by atoms with van der Waals surface area (Å²) >= 11 is 5.59. The lowest BCUT2D eigenvalue weighted by molar-refractivity contribution is 0.338. The highest BCUT2D eigenvalue weighted by atomic mass is 32.1. The van der Waals surface area contributed by atoms with E-state index in [0.717, 1.165) is 16.0 Å². The molecule has 1 N–H and O–H groups in total. The predicted octanol–water partition coefficient (Wildman–Crippen LogP) is 4.85. The van der Waals surface area contributed by atoms with E-state index in [9.17, 15) is 0 Å². The summed E-state index contributed by atoms with van der Waals surface area (Å²) in [6, 6.07) is 6.67. The van der Waals surface area contributed by atoms with Gasteiger partial charge in [-0.25, -0.2) is 0 Å². The smallest absolute Gasteiger partial charge is 0.178 e. The van der Waals surface area contributed by atoms with Gasteiger partial charge in [0.15, 0.2) is 4.77 Å². The van der Waals surface area contributed by atoms with E-state index in [0.29, 0.717) is 12.0 Å². The van der Waals surface area contributed by atoms with Crippen molar-refractivity contribution in [1.29, 1.82) is 0 Å². The van der Waals surface area contributed by atoms with E-state index < -0.39 is 0 Å². The zero-order valence-electron chi connectivity index (χ0n) is 12.2. The molecule has 4 heteroatoms. The average molecular weight is 290 g/mol. The molecular formula is C16H22N2OS. The number of methoxy groups -OCH3 is 1. The van der Waals surface area contributed by atoms with Crippen molar-refractivity contribution in [3.8, 4) is 5.75 Å². The third-order valence-corrected chi connectivity index (χ3v) is 4.88. The fourth-order valence-electron chi connectivity index (χ4n) is 3.48. The molecular weight excluding hydrogens is 268 g/mol. The monoisotopic (exact) mass is 290 g/mol. The number of H-pyrrole nitrogens is 1. The van der Waals surface area contributed by atoms with Crippen LogP contribution in [0, 0.1) is 10.7 Å². The van der Waals surface area contributed by atoms with Gasteiger partial charge < -0.3 is 14.3 Å². The Labute approximate surface area is 125 Å². The van der Waals surface area contributed by atoms with Crippen LogP contribution in [0.2, 0.25) is 0 Å². The van der Waals surface area contributed by atoms with Crippen LogP contribution in [-0.4, -0.2) is 16.7 Å². The Hall–Kier alpha value is -1.29. The quantitative estimate of drug-likeness (QED) is 0.633. The van der Waals surface area contributed by atoms with Crippen LogP contribution in [0.15, 0.2) is 18.2 Å². The lowest BCUT2D eigenvalue weighted by Gasteiger charge is -2.23. The van der Waals surface area contributed by atoms with Gasteiger partial charge in [0.25, 0.3) is 0 Å². The van der Waals surface area contributed by atoms with E-state index in [4.69, 9.17) is 17.0 Å². The Morgan fingerprint density at radius 2 is 2.05 bits per heavy atom. The highest BCUT2D eigenvalue weighted by molar-refractivity contribution is 7.71. The van der Waals surface area contributed by atoms with Gasteiger partial charge in [0.2, 0.25) is 0 Å². The van der Waals surface area contributed by atoms with Gasteiger partial charge >= 0.3 is 0 Å². The van der Waals surface area contributed by atoms with E-state index in [2.05, 4.69) is 22.5 Å². The molecule has 1 aliphatic rings. The van der Waals surface area contributed by atoms with Gasteiger partial charge in [0.1, 0.15) is 11.3 Å². The van der Waals surface area contributed by atoms with Crippen LogP contribution in [-0.2, 0) is 0 Å². The molecule has 1 aromatic heterocycles. The number of rotatable bonds is 2. The van der Waals surface area contributed by atoms with E-state index in [1.54, 1.807) is 7.11 Å². The highest BCUT2D eigenvalue weighted by Crippen LogP contribution is 2.36. The van der Waals surface area contributed by atoms with Crippen LogP contribution in [0.25, 0.3) is 11.0 Å². The summed E-state index contributed by atoms with van der Waals surface area (Å²) in [5, 5.41) is 0. The Morgan fingerprint density at radius 1 is 1.25 bits per heavy atom. The minimum atomic E-state index is 0.505. The second-order valence-corrected chi connectivity index (χ2v) is 6.22. The number of nitrogens with zero attached hydrogens (tertiary/aromatic N) is 1. The molecule has 3 rings (SSSR count). The molecule has 2 atom stereocenters. The molecule has 3 nitrogen and oxygen atoms in total. The van der Waals surface area contributed by atoms with E-state index in [1.165, 1.54) is 37.6 Å². The third-order valence-electron chi connectivity index (χ3n) is 4.58. The van der Waals surface area contributed by atoms with Crippen LogP contribution < -0.4 is 4.74 Å². The van der Waals surface area contributed by atoms with Gasteiger partial charge in [0.05, 0.1) is 12.6 Å². The SMILES string of the molecule is COc1cccc2c1[nH]c(=S)n2C1CCCCCC1C. The van der Waals surface area contributed by atoms with Crippen molar-refractivity contribution < 1.29 is 4.74 Å². The maximum absolute atomic E-state index is 5.59. The summed E-state index contributed by atoms with van der Waals surface area (Å²) in [4.78, 5) is 3.34. The molecule has 1 heterocycles. The standard InChI is InChI=1S/C16H22N2OS/c1-11-7-4-3-5-8-12(11)18-13-9-6-10-14(19-2)15(13)17-16(18)20/h6,9-12H,3-5,7-8H2,1-2H3,(H,17,20). The zero-order valence-corrected chi connectivity index (χ0v) is 13.0. The molecule has 108 valence electrons. The minimum Gasteiger partial charge on any atom is -0.494 e. The highest BCUT2D eigenvalue weighted by Gasteiger charge is 2.24. The lowest BCUT2D eigenvalue weighted by atomic mass is 9.96. The molecule has 2 unspecified atom stereocenters. The van der Waals surface area contributed by atoms with Crippen LogP contribution >= 0.6 is 12.2 Å². The number of para-hydroxylation sites is 1. The van der Waals surface area contributed by atoms with E-state index in [1.807, 2.05) is 12.1 Å². The van der Waals surface area contributed by atoms with Crippen LogP contribution in [0.1, 0.15) is 45.1 Å². The van der Waals surface area contributed by atoms with Gasteiger partial charge in [-0.05, 0) is 43.1 Å². The summed E-state index contributed by atoms with van der Waals surface area (Å²) < 4.78 is 8.59. The first kappa shape index (κ1) is 13.7. The number of hydrogen-bond donors (Lipinski definition) is 1. The third kappa shape index (κ3) is 2.26. The molecule has 0 aliphatic heterocycles. The zero-order chi connectivity index (χ0) is 14.1. The van der Waals surface area contributed by atoms with E-state index in [-0.39, 0.29) is 0 Å². The Balaban J connectivity index is 2.15. The van der Waals surface area contributed by atoms with Crippen LogP contribution in [0.3, 0.4) is 0 Å². The van der Waals surface area contributed by atoms with Gasteiger partial charge in [0, 0.05) is 6.04 Å². The topological polar surface area (TPSA) is 29.9 Å². The van der Waals surface area contributed by atoms with Gasteiger partial charge in [-0.1, -0.05) is 32.3 Å². The Morgan fingerprint density at radius 3 is 2.85 bits per heavy atom. The van der Waals surface area contributed by atoms with Crippen molar-refractivity contribution in [2.45, 2.75) is 45.1 Å². The first-order chi connectivity index (χ1) is 9.72. The van der Waals surface area contributed by atoms with Crippen molar-refractivity contribution in [3.63, 3.8) is 0 Å². The normalized spacial score (nSPS) is 23.7. The second kappa shape index (κ2) is 5.60. The Kier molecular flexibility index (Phi) is 3.83. The summed E-state index contributed by atoms with van der Waals surface area (Å²) in [5.41, 5.74) is 2.20. The molecule has 0 radical (unpaired) electrons. The number of imidazole rings is 1. The molecule has 1 aliphatic carbocycles. The van der Waals surface area contributed by atoms with Gasteiger partial charge in [-0.3, -0.25) is 0 Å². The number of aromatic nitrogens is 2. The number of nitrogens with one attached hydrogen (secondary N) is 1. The summed E-state index contributed by atoms with van der Waals surface area (Å²) in [6.45, 7) is 2.36. The number of fused-ring (bicyclic) bond motifs is 1. The summed E-state index contributed by atoms with van der Waals surface area (Å²) in [6.07, 6.45) is 6.51. The van der Waals surface area contributed by atoms with Crippen molar-refractivity contribution in [1.82, 2.24) is 9.55 Å². The summed E-state index contributed by atoms with van der Waals surface area (Å²) in [5.74, 6) is 1.54. The van der Waals surface area contributed by atoms with Crippen molar-refractivity contribution in [3.05, 3.63) is 23.0 Å². The summed E-state index contributed by atoms with van der Waals surface area (Å²) in [7, 11) is 1.71. The van der Waals surface area contributed by atoms with Crippen molar-refractivity contribution in [2.75, 3.05) is 7.11 Å². The molecule has 2 aromatic rings. The van der Waals surface area contributed by atoms with E-state index >= 15 is 0 Å². The number of benzene rings is 1. The number of ether oxygens (including phenoxy) is 1. The predicted molar refractivity (Wildman–Crippen MR) is 85.0 cm³/mol. The van der Waals surface area contributed by atoms with Crippen molar-refractivity contribution in [2.24, 2.45) is 5.92 Å². The Bertz CT molecular complexity index is 658. The minimum absolute atomic E-state index is 0.505. The maximum atomic E-state index is 5.59. The molecule has 0 bridgehead atoms. The van der Waals surface area contributed by atoms with Crippen LogP contribution in [0.5, 0.6) is 5.75 Å². The molecule has 20 heavy (non-hydrogen) atoms. The molecule has 1 saturated carbocycles. The largest absolute Gasteiger partial charge is 0.494 e. The molecule has 0 saturated heterocycles. The van der Waals surface area contributed by atoms with Crippen LogP contribution in [0.4, 0.5) is 0 Å². The molecule has 1 fully saturated rings. The first-order valence-corrected chi connectivity index (χ1v) is 7.90. The van der Waals surface area contributed by atoms with Crippen molar-refractivity contribution >= 4 is 23.3 Å². The fourth-order valence-corrected chi connectivity index (χ4v) is 3.81. The average Bonchev–Trinajstić information content (AvgIpc) is 2.63. The molecule has 0 spiro atoms. The molecule has 0 amide bonds.